The molecular weight excluding hydrogens is 398 g/mol. The van der Waals surface area contributed by atoms with Crippen molar-refractivity contribution in [2.75, 3.05) is 19.6 Å². The van der Waals surface area contributed by atoms with Gasteiger partial charge >= 0.3 is 6.03 Å². The van der Waals surface area contributed by atoms with E-state index in [9.17, 15) is 9.59 Å². The van der Waals surface area contributed by atoms with Crippen LogP contribution >= 0.6 is 0 Å². The lowest BCUT2D eigenvalue weighted by Crippen LogP contribution is -2.43. The van der Waals surface area contributed by atoms with E-state index in [4.69, 9.17) is 0 Å². The van der Waals surface area contributed by atoms with Crippen molar-refractivity contribution < 1.29 is 9.59 Å². The normalized spacial score (nSPS) is 16.3. The summed E-state index contributed by atoms with van der Waals surface area (Å²) >= 11 is 0. The van der Waals surface area contributed by atoms with E-state index in [1.807, 2.05) is 42.5 Å². The number of carbonyl (C=O) groups excluding carboxylic acids is 2. The number of hydrogen-bond acceptors (Lipinski definition) is 2. The van der Waals surface area contributed by atoms with Crippen molar-refractivity contribution in [2.24, 2.45) is 0 Å². The molecule has 4 rings (SSSR count). The Morgan fingerprint density at radius 2 is 1.47 bits per heavy atom. The number of urea groups is 1. The van der Waals surface area contributed by atoms with Gasteiger partial charge in [-0.3, -0.25) is 4.79 Å². The van der Waals surface area contributed by atoms with E-state index < -0.39 is 0 Å². The highest BCUT2D eigenvalue weighted by Crippen LogP contribution is 2.28. The minimum Gasteiger partial charge on any atom is -0.354 e. The van der Waals surface area contributed by atoms with E-state index in [0.29, 0.717) is 19.6 Å². The number of nitrogens with one attached hydrogen (secondary N) is 2. The standard InChI is InChI=1S/C27H29N3O2/c31-26-20-25(23-14-8-3-9-15-23)30(19-18-28-26)27(32)29-17-16-24(21-10-4-1-5-11-21)22-12-6-2-7-13-22/h1-15,24-25H,16-20H2,(H,28,31)(H,29,32). The molecule has 5 nitrogen and oxygen atoms in total. The van der Waals surface area contributed by atoms with Gasteiger partial charge in [0.25, 0.3) is 0 Å². The maximum Gasteiger partial charge on any atom is 0.317 e. The summed E-state index contributed by atoms with van der Waals surface area (Å²) in [7, 11) is 0. The second-order valence-corrected chi connectivity index (χ2v) is 8.07. The molecule has 0 spiro atoms. The molecule has 3 aromatic carbocycles. The van der Waals surface area contributed by atoms with Crippen LogP contribution in [0.3, 0.4) is 0 Å². The summed E-state index contributed by atoms with van der Waals surface area (Å²) in [6.07, 6.45) is 1.06. The Hall–Kier alpha value is -3.60. The first-order valence-electron chi connectivity index (χ1n) is 11.2. The fraction of sp³-hybridized carbons (Fsp3) is 0.259. The lowest BCUT2D eigenvalue weighted by atomic mass is 9.88. The highest BCUT2D eigenvalue weighted by molar-refractivity contribution is 5.80. The summed E-state index contributed by atoms with van der Waals surface area (Å²) in [6.45, 7) is 1.50. The van der Waals surface area contributed by atoms with Gasteiger partial charge in [-0.15, -0.1) is 0 Å². The molecule has 2 N–H and O–H groups in total. The van der Waals surface area contributed by atoms with E-state index in [-0.39, 0.29) is 30.3 Å². The minimum atomic E-state index is -0.266. The van der Waals surface area contributed by atoms with Gasteiger partial charge < -0.3 is 15.5 Å². The van der Waals surface area contributed by atoms with Crippen LogP contribution in [0, 0.1) is 0 Å². The zero-order valence-corrected chi connectivity index (χ0v) is 18.1. The Morgan fingerprint density at radius 1 is 0.906 bits per heavy atom. The van der Waals surface area contributed by atoms with Gasteiger partial charge in [0.15, 0.2) is 0 Å². The van der Waals surface area contributed by atoms with Crippen molar-refractivity contribution in [1.29, 1.82) is 0 Å². The molecule has 3 aromatic rings. The molecule has 5 heteroatoms. The third-order valence-corrected chi connectivity index (χ3v) is 5.99. The quantitative estimate of drug-likeness (QED) is 0.609. The van der Waals surface area contributed by atoms with Crippen LogP contribution in [0.25, 0.3) is 0 Å². The lowest BCUT2D eigenvalue weighted by molar-refractivity contribution is -0.121. The van der Waals surface area contributed by atoms with Crippen LogP contribution in [0.4, 0.5) is 4.79 Å². The van der Waals surface area contributed by atoms with Crippen LogP contribution in [-0.4, -0.2) is 36.5 Å². The fourth-order valence-corrected chi connectivity index (χ4v) is 4.37. The Morgan fingerprint density at radius 3 is 2.06 bits per heavy atom. The predicted octanol–water partition coefficient (Wildman–Crippen LogP) is 4.48. The molecule has 1 aliphatic rings. The predicted molar refractivity (Wildman–Crippen MR) is 126 cm³/mol. The maximum atomic E-state index is 13.2. The number of nitrogens with zero attached hydrogens (tertiary/aromatic N) is 1. The summed E-state index contributed by atoms with van der Waals surface area (Å²) in [5.74, 6) is 0.178. The molecular formula is C27H29N3O2. The topological polar surface area (TPSA) is 61.4 Å². The number of benzene rings is 3. The van der Waals surface area contributed by atoms with Crippen molar-refractivity contribution in [3.05, 3.63) is 108 Å². The van der Waals surface area contributed by atoms with Gasteiger partial charge in [0, 0.05) is 25.6 Å². The van der Waals surface area contributed by atoms with Crippen molar-refractivity contribution in [3.8, 4) is 0 Å². The zero-order chi connectivity index (χ0) is 22.2. The molecule has 1 heterocycles. The molecule has 1 saturated heterocycles. The number of hydrogen-bond donors (Lipinski definition) is 2. The maximum absolute atomic E-state index is 13.2. The van der Waals surface area contributed by atoms with E-state index in [1.54, 1.807) is 4.90 Å². The van der Waals surface area contributed by atoms with Crippen LogP contribution in [0.5, 0.6) is 0 Å². The molecule has 0 aromatic heterocycles. The Labute approximate surface area is 189 Å². The van der Waals surface area contributed by atoms with Crippen LogP contribution in [0.15, 0.2) is 91.0 Å². The van der Waals surface area contributed by atoms with E-state index in [2.05, 4.69) is 59.2 Å². The molecule has 1 unspecified atom stereocenters. The van der Waals surface area contributed by atoms with Gasteiger partial charge in [0.2, 0.25) is 5.91 Å². The van der Waals surface area contributed by atoms with Crippen molar-refractivity contribution in [1.82, 2.24) is 15.5 Å². The first kappa shape index (κ1) is 21.6. The van der Waals surface area contributed by atoms with Crippen molar-refractivity contribution in [2.45, 2.75) is 24.8 Å². The van der Waals surface area contributed by atoms with Crippen molar-refractivity contribution in [3.63, 3.8) is 0 Å². The van der Waals surface area contributed by atoms with Gasteiger partial charge in [-0.05, 0) is 23.1 Å². The van der Waals surface area contributed by atoms with Crippen LogP contribution in [-0.2, 0) is 4.79 Å². The van der Waals surface area contributed by atoms with Crippen LogP contribution in [0.1, 0.15) is 41.5 Å². The van der Waals surface area contributed by atoms with Crippen LogP contribution in [0.2, 0.25) is 0 Å². The SMILES string of the molecule is O=C1CC(c2ccccc2)N(C(=O)NCCC(c2ccccc2)c2ccccc2)CCN1. The summed E-state index contributed by atoms with van der Waals surface area (Å²) in [5, 5.41) is 6.00. The summed E-state index contributed by atoms with van der Waals surface area (Å²) in [4.78, 5) is 27.1. The molecule has 0 saturated carbocycles. The van der Waals surface area contributed by atoms with Crippen molar-refractivity contribution >= 4 is 11.9 Å². The molecule has 3 amide bonds. The average Bonchev–Trinajstić information content (AvgIpc) is 3.05. The van der Waals surface area contributed by atoms with E-state index >= 15 is 0 Å². The Balaban J connectivity index is 1.45. The summed E-state index contributed by atoms with van der Waals surface area (Å²) < 4.78 is 0. The van der Waals surface area contributed by atoms with E-state index in [0.717, 1.165) is 12.0 Å². The number of amides is 3. The minimum absolute atomic E-state index is 0.0256. The van der Waals surface area contributed by atoms with Gasteiger partial charge in [0.05, 0.1) is 12.5 Å². The molecule has 1 atom stereocenters. The molecule has 1 fully saturated rings. The molecule has 0 bridgehead atoms. The Kier molecular flexibility index (Phi) is 7.18. The summed E-state index contributed by atoms with van der Waals surface area (Å²) in [5.41, 5.74) is 3.45. The number of rotatable bonds is 6. The first-order chi connectivity index (χ1) is 15.7. The smallest absolute Gasteiger partial charge is 0.317 e. The molecule has 1 aliphatic heterocycles. The Bertz CT molecular complexity index is 969. The third kappa shape index (κ3) is 5.35. The van der Waals surface area contributed by atoms with Gasteiger partial charge in [-0.2, -0.15) is 0 Å². The van der Waals surface area contributed by atoms with E-state index in [1.165, 1.54) is 11.1 Å². The molecule has 0 radical (unpaired) electrons. The highest BCUT2D eigenvalue weighted by atomic mass is 16.2. The summed E-state index contributed by atoms with van der Waals surface area (Å²) in [6, 6.07) is 30.2. The molecule has 32 heavy (non-hydrogen) atoms. The second kappa shape index (κ2) is 10.6. The highest BCUT2D eigenvalue weighted by Gasteiger charge is 2.29. The molecule has 0 aliphatic carbocycles. The largest absolute Gasteiger partial charge is 0.354 e. The fourth-order valence-electron chi connectivity index (χ4n) is 4.37. The van der Waals surface area contributed by atoms with Gasteiger partial charge in [0.1, 0.15) is 0 Å². The average molecular weight is 428 g/mol. The molecule has 164 valence electrons. The first-order valence-corrected chi connectivity index (χ1v) is 11.2. The van der Waals surface area contributed by atoms with Gasteiger partial charge in [-0.1, -0.05) is 91.0 Å². The third-order valence-electron chi connectivity index (χ3n) is 5.99. The van der Waals surface area contributed by atoms with Gasteiger partial charge in [-0.25, -0.2) is 4.79 Å². The second-order valence-electron chi connectivity index (χ2n) is 8.07. The van der Waals surface area contributed by atoms with Crippen LogP contribution < -0.4 is 10.6 Å². The number of carbonyl (C=O) groups is 2. The monoisotopic (exact) mass is 427 g/mol. The lowest BCUT2D eigenvalue weighted by Gasteiger charge is -2.30. The zero-order valence-electron chi connectivity index (χ0n) is 18.1.